The highest BCUT2D eigenvalue weighted by Gasteiger charge is 2.12. The molecule has 0 saturated carbocycles. The van der Waals surface area contributed by atoms with Crippen molar-refractivity contribution < 1.29 is 29.6 Å². The highest BCUT2D eigenvalue weighted by molar-refractivity contribution is 5.92. The number of aliphatic hydroxyl groups excluding tert-OH is 1. The zero-order valence-electron chi connectivity index (χ0n) is 22.8. The SMILES string of the molecule is CC(CC=O)CCCC(C)(C)O.O=C(OCc1ccccc1)c1ccccc1O.OCCc1ccccc1. The number of aliphatic hydroxyl groups is 2. The van der Waals surface area contributed by atoms with E-state index in [-0.39, 0.29) is 24.5 Å². The standard InChI is InChI=1S/C14H12O3.C10H20O2.C8H10O/c15-13-9-5-4-8-12(13)14(16)17-10-11-6-2-1-3-7-11;1-9(6-8-11)5-4-7-10(2,3)12;9-7-6-8-4-2-1-3-5-8/h1-9,15H,10H2;8-9,12H,4-7H2,1-3H3;1-5,9H,6-7H2. The Kier molecular flexibility index (Phi) is 16.0. The molecule has 3 N–H and O–H groups in total. The van der Waals surface area contributed by atoms with Crippen LogP contribution in [-0.4, -0.2) is 39.8 Å². The third-order valence-corrected chi connectivity index (χ3v) is 5.56. The van der Waals surface area contributed by atoms with Gasteiger partial charge in [-0.05, 0) is 55.9 Å². The van der Waals surface area contributed by atoms with E-state index < -0.39 is 11.6 Å². The van der Waals surface area contributed by atoms with E-state index in [2.05, 4.69) is 6.92 Å². The first-order valence-electron chi connectivity index (χ1n) is 13.0. The van der Waals surface area contributed by atoms with Gasteiger partial charge in [0.1, 0.15) is 24.2 Å². The van der Waals surface area contributed by atoms with Crippen molar-refractivity contribution >= 4 is 12.3 Å². The number of phenolic OH excluding ortho intramolecular Hbond substituents is 1. The van der Waals surface area contributed by atoms with E-state index in [1.807, 2.05) is 74.5 Å². The molecule has 0 saturated heterocycles. The maximum Gasteiger partial charge on any atom is 0.342 e. The molecule has 0 radical (unpaired) electrons. The Balaban J connectivity index is 0.000000302. The monoisotopic (exact) mass is 522 g/mol. The van der Waals surface area contributed by atoms with Crippen LogP contribution in [-0.2, 0) is 22.6 Å². The summed E-state index contributed by atoms with van der Waals surface area (Å²) in [5.41, 5.74) is 1.74. The predicted molar refractivity (Wildman–Crippen MR) is 151 cm³/mol. The summed E-state index contributed by atoms with van der Waals surface area (Å²) in [6.07, 6.45) is 5.22. The summed E-state index contributed by atoms with van der Waals surface area (Å²) in [5, 5.41) is 27.4. The van der Waals surface area contributed by atoms with Gasteiger partial charge in [-0.25, -0.2) is 4.79 Å². The number of benzene rings is 3. The lowest BCUT2D eigenvalue weighted by atomic mass is 9.96. The van der Waals surface area contributed by atoms with Gasteiger partial charge < -0.3 is 24.9 Å². The largest absolute Gasteiger partial charge is 0.507 e. The van der Waals surface area contributed by atoms with E-state index in [1.165, 1.54) is 17.7 Å². The molecule has 0 aliphatic carbocycles. The summed E-state index contributed by atoms with van der Waals surface area (Å²) in [6, 6.07) is 25.7. The highest BCUT2D eigenvalue weighted by Crippen LogP contribution is 2.18. The van der Waals surface area contributed by atoms with Crippen molar-refractivity contribution in [2.24, 2.45) is 5.92 Å². The quantitative estimate of drug-likeness (QED) is 0.207. The molecule has 0 amide bonds. The summed E-state index contributed by atoms with van der Waals surface area (Å²) in [6.45, 7) is 6.14. The number of esters is 1. The van der Waals surface area contributed by atoms with Crippen molar-refractivity contribution in [2.45, 2.75) is 65.1 Å². The Bertz CT molecular complexity index is 1030. The molecule has 3 aromatic rings. The van der Waals surface area contributed by atoms with Crippen molar-refractivity contribution in [3.63, 3.8) is 0 Å². The van der Waals surface area contributed by atoms with Crippen LogP contribution in [0.5, 0.6) is 5.75 Å². The van der Waals surface area contributed by atoms with Crippen LogP contribution in [0.1, 0.15) is 67.9 Å². The van der Waals surface area contributed by atoms with E-state index in [0.717, 1.165) is 37.5 Å². The minimum atomic E-state index is -0.555. The van der Waals surface area contributed by atoms with Gasteiger partial charge in [-0.3, -0.25) is 0 Å². The van der Waals surface area contributed by atoms with Crippen molar-refractivity contribution in [2.75, 3.05) is 6.61 Å². The van der Waals surface area contributed by atoms with Crippen LogP contribution in [0, 0.1) is 5.92 Å². The van der Waals surface area contributed by atoms with Crippen molar-refractivity contribution in [3.05, 3.63) is 102 Å². The number of rotatable bonds is 11. The molecule has 38 heavy (non-hydrogen) atoms. The third-order valence-electron chi connectivity index (χ3n) is 5.56. The fourth-order valence-corrected chi connectivity index (χ4v) is 3.39. The average Bonchev–Trinajstić information content (AvgIpc) is 2.89. The summed E-state index contributed by atoms with van der Waals surface area (Å²) in [7, 11) is 0. The molecule has 1 atom stereocenters. The predicted octanol–water partition coefficient (Wildman–Crippen LogP) is 6.12. The van der Waals surface area contributed by atoms with Crippen LogP contribution < -0.4 is 0 Å². The van der Waals surface area contributed by atoms with E-state index in [0.29, 0.717) is 12.3 Å². The van der Waals surface area contributed by atoms with Gasteiger partial charge in [0.15, 0.2) is 0 Å². The van der Waals surface area contributed by atoms with Crippen LogP contribution in [0.25, 0.3) is 0 Å². The van der Waals surface area contributed by atoms with Crippen LogP contribution in [0.15, 0.2) is 84.9 Å². The molecule has 6 nitrogen and oxygen atoms in total. The van der Waals surface area contributed by atoms with Gasteiger partial charge >= 0.3 is 5.97 Å². The van der Waals surface area contributed by atoms with E-state index in [9.17, 15) is 19.8 Å². The minimum absolute atomic E-state index is 0.0643. The summed E-state index contributed by atoms with van der Waals surface area (Å²) < 4.78 is 5.10. The third kappa shape index (κ3) is 15.6. The topological polar surface area (TPSA) is 104 Å². The average molecular weight is 523 g/mol. The van der Waals surface area contributed by atoms with Crippen molar-refractivity contribution in [1.29, 1.82) is 0 Å². The second kappa shape index (κ2) is 18.7. The second-order valence-electron chi connectivity index (χ2n) is 9.75. The van der Waals surface area contributed by atoms with Crippen LogP contribution >= 0.6 is 0 Å². The second-order valence-corrected chi connectivity index (χ2v) is 9.75. The van der Waals surface area contributed by atoms with E-state index in [4.69, 9.17) is 9.84 Å². The maximum absolute atomic E-state index is 11.7. The van der Waals surface area contributed by atoms with Crippen LogP contribution in [0.2, 0.25) is 0 Å². The Morgan fingerprint density at radius 2 is 1.47 bits per heavy atom. The van der Waals surface area contributed by atoms with Gasteiger partial charge in [0.25, 0.3) is 0 Å². The number of aromatic hydroxyl groups is 1. The lowest BCUT2D eigenvalue weighted by Gasteiger charge is -2.17. The summed E-state index contributed by atoms with van der Waals surface area (Å²) in [4.78, 5) is 21.8. The first kappa shape index (κ1) is 32.5. The number of carbonyl (C=O) groups excluding carboxylic acids is 2. The Labute approximate surface area is 226 Å². The smallest absolute Gasteiger partial charge is 0.342 e. The Morgan fingerprint density at radius 1 is 0.921 bits per heavy atom. The molecule has 0 aliphatic heterocycles. The first-order valence-corrected chi connectivity index (χ1v) is 13.0. The van der Waals surface area contributed by atoms with E-state index >= 15 is 0 Å². The Hall–Kier alpha value is -3.48. The van der Waals surface area contributed by atoms with Gasteiger partial charge in [-0.15, -0.1) is 0 Å². The lowest BCUT2D eigenvalue weighted by molar-refractivity contribution is -0.108. The van der Waals surface area contributed by atoms with Crippen LogP contribution in [0.4, 0.5) is 0 Å². The minimum Gasteiger partial charge on any atom is -0.507 e. The molecule has 206 valence electrons. The zero-order valence-corrected chi connectivity index (χ0v) is 22.8. The molecule has 3 aromatic carbocycles. The molecule has 0 aromatic heterocycles. The number of ether oxygens (including phenoxy) is 1. The summed E-state index contributed by atoms with van der Waals surface area (Å²) in [5.74, 6) is -0.123. The van der Waals surface area contributed by atoms with Crippen molar-refractivity contribution in [3.8, 4) is 5.75 Å². The number of aldehydes is 1. The number of para-hydroxylation sites is 1. The molecule has 0 fully saturated rings. The number of carbonyl (C=O) groups is 2. The normalized spacial score (nSPS) is 11.2. The molecule has 0 heterocycles. The molecule has 0 aliphatic rings. The number of hydrogen-bond donors (Lipinski definition) is 3. The van der Waals surface area contributed by atoms with Crippen LogP contribution in [0.3, 0.4) is 0 Å². The van der Waals surface area contributed by atoms with Gasteiger partial charge in [-0.1, -0.05) is 92.6 Å². The fraction of sp³-hybridized carbons (Fsp3) is 0.375. The lowest BCUT2D eigenvalue weighted by Crippen LogP contribution is -2.18. The van der Waals surface area contributed by atoms with E-state index in [1.54, 1.807) is 12.1 Å². The fourth-order valence-electron chi connectivity index (χ4n) is 3.39. The molecular formula is C32H42O6. The molecular weight excluding hydrogens is 480 g/mol. The van der Waals surface area contributed by atoms with Gasteiger partial charge in [0.2, 0.25) is 0 Å². The summed E-state index contributed by atoms with van der Waals surface area (Å²) >= 11 is 0. The maximum atomic E-state index is 11.7. The molecule has 3 rings (SSSR count). The number of phenols is 1. The Morgan fingerprint density at radius 3 is 2.00 bits per heavy atom. The van der Waals surface area contributed by atoms with Gasteiger partial charge in [-0.2, -0.15) is 0 Å². The number of hydrogen-bond acceptors (Lipinski definition) is 6. The first-order chi connectivity index (χ1) is 18.2. The molecule has 0 spiro atoms. The molecule has 0 bridgehead atoms. The molecule has 1 unspecified atom stereocenters. The van der Waals surface area contributed by atoms with Crippen molar-refractivity contribution in [1.82, 2.24) is 0 Å². The van der Waals surface area contributed by atoms with Gasteiger partial charge in [0, 0.05) is 13.0 Å². The van der Waals surface area contributed by atoms with Gasteiger partial charge in [0.05, 0.1) is 5.60 Å². The highest BCUT2D eigenvalue weighted by atomic mass is 16.5. The molecule has 6 heteroatoms. The zero-order chi connectivity index (χ0) is 28.2.